The molecule has 0 radical (unpaired) electrons. The van der Waals surface area contributed by atoms with Gasteiger partial charge in [-0.15, -0.1) is 0 Å². The Hall–Kier alpha value is -4.76. The molecule has 3 heteroatoms. The van der Waals surface area contributed by atoms with Crippen LogP contribution in [-0.4, -0.2) is 9.97 Å². The minimum atomic E-state index is 0.112. The molecule has 4 aromatic carbocycles. The molecule has 2 aliphatic carbocycles. The van der Waals surface area contributed by atoms with E-state index in [4.69, 9.17) is 14.4 Å². The second-order valence-corrected chi connectivity index (χ2v) is 11.9. The molecule has 0 bridgehead atoms. The van der Waals surface area contributed by atoms with Crippen molar-refractivity contribution in [2.24, 2.45) is 0 Å². The fourth-order valence-electron chi connectivity index (χ4n) is 7.80. The summed E-state index contributed by atoms with van der Waals surface area (Å²) in [6.07, 6.45) is 11.0. The minimum absolute atomic E-state index is 0.112. The van der Waals surface area contributed by atoms with Gasteiger partial charge in [-0.2, -0.15) is 0 Å². The van der Waals surface area contributed by atoms with Crippen LogP contribution in [0.1, 0.15) is 57.1 Å². The van der Waals surface area contributed by atoms with Crippen molar-refractivity contribution in [3.63, 3.8) is 0 Å². The van der Waals surface area contributed by atoms with E-state index in [0.29, 0.717) is 5.82 Å². The molecule has 210 valence electrons. The zero-order valence-electron chi connectivity index (χ0n) is 24.7. The van der Waals surface area contributed by atoms with Gasteiger partial charge in [-0.3, -0.25) is 0 Å². The number of rotatable bonds is 3. The lowest BCUT2D eigenvalue weighted by Gasteiger charge is -2.37. The SMILES string of the molecule is CC=C1/C(=C\C)c2cccc(-c3ccc(-c4nc(-c5ccccc5)c5oc6ccccc6c5n4)cc3)c2C12CCCCC2. The number of allylic oxidation sites excluding steroid dienone is 4. The molecule has 1 saturated carbocycles. The summed E-state index contributed by atoms with van der Waals surface area (Å²) in [6, 6.07) is 34.1. The second-order valence-electron chi connectivity index (χ2n) is 11.9. The normalized spacial score (nSPS) is 17.8. The highest BCUT2D eigenvalue weighted by atomic mass is 16.3. The lowest BCUT2D eigenvalue weighted by molar-refractivity contribution is 0.353. The molecule has 8 rings (SSSR count). The largest absolute Gasteiger partial charge is 0.452 e. The first kappa shape index (κ1) is 25.9. The zero-order chi connectivity index (χ0) is 29.0. The van der Waals surface area contributed by atoms with Gasteiger partial charge in [0.2, 0.25) is 0 Å². The first-order valence-corrected chi connectivity index (χ1v) is 15.5. The summed E-state index contributed by atoms with van der Waals surface area (Å²) < 4.78 is 6.30. The van der Waals surface area contributed by atoms with E-state index in [9.17, 15) is 0 Å². The van der Waals surface area contributed by atoms with Gasteiger partial charge in [-0.1, -0.05) is 116 Å². The van der Waals surface area contributed by atoms with Crippen molar-refractivity contribution >= 4 is 27.6 Å². The van der Waals surface area contributed by atoms with Crippen LogP contribution >= 0.6 is 0 Å². The zero-order valence-corrected chi connectivity index (χ0v) is 24.7. The van der Waals surface area contributed by atoms with Crippen molar-refractivity contribution < 1.29 is 4.42 Å². The third-order valence-corrected chi connectivity index (χ3v) is 9.64. The molecule has 2 aliphatic rings. The third-order valence-electron chi connectivity index (χ3n) is 9.64. The maximum Gasteiger partial charge on any atom is 0.180 e. The first-order valence-electron chi connectivity index (χ1n) is 15.5. The summed E-state index contributed by atoms with van der Waals surface area (Å²) in [7, 11) is 0. The summed E-state index contributed by atoms with van der Waals surface area (Å²) in [5.74, 6) is 0.707. The molecule has 0 aliphatic heterocycles. The first-order chi connectivity index (χ1) is 21.2. The van der Waals surface area contributed by atoms with Gasteiger partial charge in [-0.05, 0) is 72.2 Å². The van der Waals surface area contributed by atoms with Crippen molar-refractivity contribution in [2.75, 3.05) is 0 Å². The van der Waals surface area contributed by atoms with Crippen LogP contribution in [0.5, 0.6) is 0 Å². The van der Waals surface area contributed by atoms with Crippen LogP contribution < -0.4 is 0 Å². The van der Waals surface area contributed by atoms with Crippen LogP contribution in [-0.2, 0) is 5.41 Å². The van der Waals surface area contributed by atoms with E-state index in [-0.39, 0.29) is 5.41 Å². The van der Waals surface area contributed by atoms with Gasteiger partial charge in [0.15, 0.2) is 11.4 Å². The van der Waals surface area contributed by atoms with Crippen molar-refractivity contribution in [1.82, 2.24) is 9.97 Å². The van der Waals surface area contributed by atoms with Crippen LogP contribution in [0.25, 0.3) is 61.4 Å². The molecule has 6 aromatic rings. The Labute approximate surface area is 252 Å². The molecular weight excluding hydrogens is 524 g/mol. The molecule has 0 unspecified atom stereocenters. The Morgan fingerprint density at radius 3 is 2.14 bits per heavy atom. The highest BCUT2D eigenvalue weighted by Crippen LogP contribution is 2.59. The van der Waals surface area contributed by atoms with E-state index in [0.717, 1.165) is 38.9 Å². The second kappa shape index (κ2) is 10.2. The lowest BCUT2D eigenvalue weighted by Crippen LogP contribution is -2.28. The monoisotopic (exact) mass is 558 g/mol. The van der Waals surface area contributed by atoms with Gasteiger partial charge in [-0.25, -0.2) is 9.97 Å². The smallest absolute Gasteiger partial charge is 0.180 e. The van der Waals surface area contributed by atoms with Crippen molar-refractivity contribution in [3.8, 4) is 33.8 Å². The van der Waals surface area contributed by atoms with E-state index in [1.54, 1.807) is 0 Å². The van der Waals surface area contributed by atoms with E-state index < -0.39 is 0 Å². The predicted octanol–water partition coefficient (Wildman–Crippen LogP) is 10.9. The molecule has 0 atom stereocenters. The molecular formula is C40H34N2O. The highest BCUT2D eigenvalue weighted by Gasteiger charge is 2.46. The van der Waals surface area contributed by atoms with Gasteiger partial charge in [0.25, 0.3) is 0 Å². The molecule has 1 spiro atoms. The fourth-order valence-corrected chi connectivity index (χ4v) is 7.80. The number of aromatic nitrogens is 2. The van der Waals surface area contributed by atoms with Crippen molar-refractivity contribution in [3.05, 3.63) is 126 Å². The van der Waals surface area contributed by atoms with E-state index in [2.05, 4.69) is 86.7 Å². The van der Waals surface area contributed by atoms with Crippen molar-refractivity contribution in [2.45, 2.75) is 51.4 Å². The van der Waals surface area contributed by atoms with E-state index in [1.165, 1.54) is 65.5 Å². The summed E-state index contributed by atoms with van der Waals surface area (Å²) in [5.41, 5.74) is 13.8. The Balaban J connectivity index is 1.27. The molecule has 0 amide bonds. The molecule has 2 heterocycles. The van der Waals surface area contributed by atoms with Gasteiger partial charge >= 0.3 is 0 Å². The van der Waals surface area contributed by atoms with Crippen LogP contribution in [0.3, 0.4) is 0 Å². The van der Waals surface area contributed by atoms with Gasteiger partial charge in [0.05, 0.1) is 0 Å². The summed E-state index contributed by atoms with van der Waals surface area (Å²) >= 11 is 0. The van der Waals surface area contributed by atoms with Crippen molar-refractivity contribution in [1.29, 1.82) is 0 Å². The number of hydrogen-bond donors (Lipinski definition) is 0. The average Bonchev–Trinajstić information content (AvgIpc) is 3.58. The Morgan fingerprint density at radius 1 is 0.651 bits per heavy atom. The summed E-state index contributed by atoms with van der Waals surface area (Å²) in [6.45, 7) is 4.41. The molecule has 43 heavy (non-hydrogen) atoms. The van der Waals surface area contributed by atoms with Crippen LogP contribution in [0, 0.1) is 0 Å². The number of para-hydroxylation sites is 1. The maximum atomic E-state index is 6.30. The molecule has 0 saturated heterocycles. The topological polar surface area (TPSA) is 38.9 Å². The Bertz CT molecular complexity index is 2060. The fraction of sp³-hybridized carbons (Fsp3) is 0.200. The summed E-state index contributed by atoms with van der Waals surface area (Å²) in [5, 5.41) is 1.01. The molecule has 2 aromatic heterocycles. The molecule has 3 nitrogen and oxygen atoms in total. The number of furan rings is 1. The van der Waals surface area contributed by atoms with Crippen LogP contribution in [0.4, 0.5) is 0 Å². The number of fused-ring (bicyclic) bond motifs is 5. The molecule has 0 N–H and O–H groups in total. The number of hydrogen-bond acceptors (Lipinski definition) is 3. The lowest BCUT2D eigenvalue weighted by atomic mass is 9.66. The van der Waals surface area contributed by atoms with E-state index in [1.807, 2.05) is 36.4 Å². The Kier molecular flexibility index (Phi) is 6.15. The van der Waals surface area contributed by atoms with E-state index >= 15 is 0 Å². The number of benzene rings is 4. The minimum Gasteiger partial charge on any atom is -0.452 e. The predicted molar refractivity (Wildman–Crippen MR) is 178 cm³/mol. The van der Waals surface area contributed by atoms with Gasteiger partial charge < -0.3 is 4.42 Å². The maximum absolute atomic E-state index is 6.30. The number of nitrogens with zero attached hydrogens (tertiary/aromatic N) is 2. The highest BCUT2D eigenvalue weighted by molar-refractivity contribution is 6.07. The molecule has 1 fully saturated rings. The van der Waals surface area contributed by atoms with Crippen LogP contribution in [0.15, 0.2) is 119 Å². The summed E-state index contributed by atoms with van der Waals surface area (Å²) in [4.78, 5) is 10.2. The Morgan fingerprint density at radius 2 is 1.37 bits per heavy atom. The van der Waals surface area contributed by atoms with Gasteiger partial charge in [0.1, 0.15) is 16.8 Å². The van der Waals surface area contributed by atoms with Gasteiger partial charge in [0, 0.05) is 21.9 Å². The standard InChI is InChI=1S/C40H34N2O/c1-3-29-31-18-13-17-30(35(31)40(33(29)4-2)24-11-6-12-25-40)26-20-22-28(23-21-26)39-41-36(27-14-7-5-8-15-27)38-37(42-39)32-16-9-10-19-34(32)43-38/h3-5,7-10,13-23H,6,11-12,24-25H2,1-2H3/b29-3-,33-4?. The van der Waals surface area contributed by atoms with Crippen LogP contribution in [0.2, 0.25) is 0 Å². The third kappa shape index (κ3) is 3.95. The quantitative estimate of drug-likeness (QED) is 0.217. The average molecular weight is 559 g/mol.